The van der Waals surface area contributed by atoms with E-state index in [0.29, 0.717) is 50.8 Å². The van der Waals surface area contributed by atoms with Crippen molar-refractivity contribution in [2.24, 2.45) is 5.92 Å². The van der Waals surface area contributed by atoms with Crippen LogP contribution in [0.1, 0.15) is 64.9 Å². The number of carbonyl (C=O) groups is 7. The van der Waals surface area contributed by atoms with Gasteiger partial charge in [0.15, 0.2) is 0 Å². The van der Waals surface area contributed by atoms with E-state index in [1.54, 1.807) is 43.3 Å². The first-order valence-electron chi connectivity index (χ1n) is 19.2. The number of pyridine rings is 1. The summed E-state index contributed by atoms with van der Waals surface area (Å²) in [5, 5.41) is 11.0. The van der Waals surface area contributed by atoms with E-state index in [1.165, 1.54) is 34.0 Å². The summed E-state index contributed by atoms with van der Waals surface area (Å²) in [5.41, 5.74) is 1.18. The van der Waals surface area contributed by atoms with Crippen molar-refractivity contribution in [1.29, 1.82) is 0 Å². The van der Waals surface area contributed by atoms with Gasteiger partial charge in [-0.25, -0.2) is 9.59 Å². The Balaban J connectivity index is 1.32. The SMILES string of the molecule is CC1OC(=O)[C@@H]2C[C@@H](C)CN2C(=O)[C@H](C)NC(=O)[C@@H]2CCCCN2C(=O)[C@@H]2CCCN2C(=O)[C@H]1NC(=O)[C@H](Cc1ccccc1)NC(=O)Nc1ccncc1. The van der Waals surface area contributed by atoms with Gasteiger partial charge in [0, 0.05) is 44.1 Å². The Bertz CT molecular complexity index is 1760. The summed E-state index contributed by atoms with van der Waals surface area (Å²) >= 11 is 0. The summed E-state index contributed by atoms with van der Waals surface area (Å²) in [6.07, 6.45) is 4.74. The van der Waals surface area contributed by atoms with Crippen molar-refractivity contribution in [3.05, 3.63) is 60.4 Å². The molecule has 6 rings (SSSR count). The zero-order valence-corrected chi connectivity index (χ0v) is 31.4. The van der Waals surface area contributed by atoms with Gasteiger partial charge in [0.1, 0.15) is 42.4 Å². The maximum Gasteiger partial charge on any atom is 0.329 e. The van der Waals surface area contributed by atoms with E-state index in [2.05, 4.69) is 26.3 Å². The molecule has 4 fully saturated rings. The lowest BCUT2D eigenvalue weighted by Crippen LogP contribution is -2.63. The quantitative estimate of drug-likeness (QED) is 0.314. The van der Waals surface area contributed by atoms with Crippen molar-refractivity contribution in [1.82, 2.24) is 35.6 Å². The van der Waals surface area contributed by atoms with E-state index < -0.39 is 83.9 Å². The number of anilines is 1. The van der Waals surface area contributed by atoms with Crippen molar-refractivity contribution < 1.29 is 38.3 Å². The van der Waals surface area contributed by atoms with Crippen LogP contribution in [0.4, 0.5) is 10.5 Å². The predicted octanol–water partition coefficient (Wildman–Crippen LogP) is 1.36. The third-order valence-electron chi connectivity index (χ3n) is 10.9. The van der Waals surface area contributed by atoms with E-state index in [4.69, 9.17) is 4.74 Å². The highest BCUT2D eigenvalue weighted by atomic mass is 16.5. The Kier molecular flexibility index (Phi) is 12.3. The number of cyclic esters (lactones) is 1. The molecule has 1 unspecified atom stereocenters. The number of benzene rings is 1. The second-order valence-corrected chi connectivity index (χ2v) is 15.0. The van der Waals surface area contributed by atoms with Crippen molar-refractivity contribution >= 4 is 47.2 Å². The van der Waals surface area contributed by atoms with Crippen LogP contribution >= 0.6 is 0 Å². The third kappa shape index (κ3) is 9.06. The van der Waals surface area contributed by atoms with Crippen LogP contribution in [0.5, 0.6) is 0 Å². The van der Waals surface area contributed by atoms with E-state index >= 15 is 0 Å². The molecule has 0 saturated carbocycles. The standard InChI is InChI=1S/C39H50N8O8/c1-23-20-31-38(53)55-25(3)32(44-33(48)28(21-26-10-5-4-6-11-26)43-39(54)42-27-14-16-40-17-15-27)37(52)46-19-9-13-30(46)36(51)45-18-8-7-12-29(45)34(49)41-24(2)35(50)47(31)22-23/h4-6,10-11,14-17,23-25,28-32H,7-9,12-13,18-22H2,1-3H3,(H,41,49)(H,44,48)(H2,40,42,43,54)/t23-,24+,25?,28+,29+,30+,31+,32+/m1/s1. The number of ether oxygens (including phenoxy) is 1. The molecule has 16 nitrogen and oxygen atoms in total. The van der Waals surface area contributed by atoms with E-state index in [0.717, 1.165) is 5.56 Å². The highest BCUT2D eigenvalue weighted by Gasteiger charge is 2.47. The lowest BCUT2D eigenvalue weighted by atomic mass is 9.99. The topological polar surface area (TPSA) is 199 Å². The van der Waals surface area contributed by atoms with E-state index in [9.17, 15) is 33.6 Å². The number of amides is 7. The molecule has 0 radical (unpaired) electrons. The average Bonchev–Trinajstić information content (AvgIpc) is 3.83. The van der Waals surface area contributed by atoms with Crippen LogP contribution in [0, 0.1) is 5.92 Å². The molecule has 16 heteroatoms. The van der Waals surface area contributed by atoms with Crippen molar-refractivity contribution in [3.63, 3.8) is 0 Å². The molecule has 4 N–H and O–H groups in total. The van der Waals surface area contributed by atoms with Crippen LogP contribution in [-0.4, -0.2) is 123 Å². The fourth-order valence-electron chi connectivity index (χ4n) is 8.04. The molecular formula is C39H50N8O8. The second-order valence-electron chi connectivity index (χ2n) is 15.0. The summed E-state index contributed by atoms with van der Waals surface area (Å²) in [5.74, 6) is -3.50. The van der Waals surface area contributed by atoms with Gasteiger partial charge in [0.25, 0.3) is 0 Å². The summed E-state index contributed by atoms with van der Waals surface area (Å²) in [4.78, 5) is 106. The molecular weight excluding hydrogens is 708 g/mol. The van der Waals surface area contributed by atoms with E-state index in [-0.39, 0.29) is 25.4 Å². The van der Waals surface area contributed by atoms with Gasteiger partial charge in [0.05, 0.1) is 0 Å². The van der Waals surface area contributed by atoms with Gasteiger partial charge >= 0.3 is 12.0 Å². The molecule has 1 aromatic heterocycles. The fourth-order valence-corrected chi connectivity index (χ4v) is 8.04. The number of esters is 1. The first-order valence-corrected chi connectivity index (χ1v) is 19.2. The smallest absolute Gasteiger partial charge is 0.329 e. The number of piperidine rings is 1. The number of hydrogen-bond donors (Lipinski definition) is 4. The molecule has 4 aliphatic rings. The Labute approximate surface area is 320 Å². The Morgan fingerprint density at radius 2 is 1.53 bits per heavy atom. The van der Waals surface area contributed by atoms with Crippen LogP contribution in [0.25, 0.3) is 0 Å². The predicted molar refractivity (Wildman–Crippen MR) is 199 cm³/mol. The monoisotopic (exact) mass is 758 g/mol. The van der Waals surface area contributed by atoms with Gasteiger partial charge in [-0.3, -0.25) is 29.0 Å². The van der Waals surface area contributed by atoms with Gasteiger partial charge in [-0.05, 0) is 76.0 Å². The van der Waals surface area contributed by atoms with Crippen LogP contribution in [-0.2, 0) is 39.9 Å². The number of aromatic nitrogens is 1. The molecule has 0 spiro atoms. The normalized spacial score (nSPS) is 28.3. The summed E-state index contributed by atoms with van der Waals surface area (Å²) in [7, 11) is 0. The summed E-state index contributed by atoms with van der Waals surface area (Å²) in [6.45, 7) is 5.72. The first-order chi connectivity index (χ1) is 26.4. The van der Waals surface area contributed by atoms with Gasteiger partial charge < -0.3 is 40.7 Å². The average molecular weight is 759 g/mol. The molecule has 7 amide bonds. The van der Waals surface area contributed by atoms with Crippen LogP contribution in [0.3, 0.4) is 0 Å². The minimum absolute atomic E-state index is 0.0566. The number of rotatable bonds is 6. The minimum atomic E-state index is -1.47. The Hall–Kier alpha value is -5.54. The maximum atomic E-state index is 14.7. The molecule has 5 heterocycles. The van der Waals surface area contributed by atoms with Gasteiger partial charge in [-0.1, -0.05) is 37.3 Å². The molecule has 2 aromatic rings. The maximum absolute atomic E-state index is 14.7. The molecule has 0 aliphatic carbocycles. The van der Waals surface area contributed by atoms with Crippen molar-refractivity contribution in [2.45, 2.75) is 108 Å². The van der Waals surface area contributed by atoms with Crippen LogP contribution < -0.4 is 21.3 Å². The Morgan fingerprint density at radius 1 is 0.836 bits per heavy atom. The molecule has 4 saturated heterocycles. The number of nitrogens with one attached hydrogen (secondary N) is 4. The number of carbonyl (C=O) groups excluding carboxylic acids is 7. The zero-order chi connectivity index (χ0) is 39.2. The fraction of sp³-hybridized carbons (Fsp3) is 0.538. The lowest BCUT2D eigenvalue weighted by Gasteiger charge is -2.39. The van der Waals surface area contributed by atoms with Crippen LogP contribution in [0.15, 0.2) is 54.9 Å². The number of nitrogens with zero attached hydrogens (tertiary/aromatic N) is 4. The highest BCUT2D eigenvalue weighted by Crippen LogP contribution is 2.28. The molecule has 8 atom stereocenters. The van der Waals surface area contributed by atoms with Crippen molar-refractivity contribution in [3.8, 4) is 0 Å². The minimum Gasteiger partial charge on any atom is -0.458 e. The van der Waals surface area contributed by atoms with Crippen molar-refractivity contribution in [2.75, 3.05) is 25.0 Å². The largest absolute Gasteiger partial charge is 0.458 e. The molecule has 1 aromatic carbocycles. The molecule has 4 aliphatic heterocycles. The van der Waals surface area contributed by atoms with E-state index in [1.807, 2.05) is 13.0 Å². The second kappa shape index (κ2) is 17.3. The molecule has 55 heavy (non-hydrogen) atoms. The number of fused-ring (bicyclic) bond motifs is 3. The summed E-state index contributed by atoms with van der Waals surface area (Å²) in [6, 6.07) is 5.15. The van der Waals surface area contributed by atoms with Gasteiger partial charge in [-0.15, -0.1) is 0 Å². The first kappa shape index (κ1) is 39.2. The molecule has 0 bridgehead atoms. The zero-order valence-electron chi connectivity index (χ0n) is 31.4. The number of urea groups is 1. The van der Waals surface area contributed by atoms with Gasteiger partial charge in [-0.2, -0.15) is 0 Å². The lowest BCUT2D eigenvalue weighted by molar-refractivity contribution is -0.163. The third-order valence-corrected chi connectivity index (χ3v) is 10.9. The highest BCUT2D eigenvalue weighted by molar-refractivity contribution is 5.98. The summed E-state index contributed by atoms with van der Waals surface area (Å²) < 4.78 is 5.94. The van der Waals surface area contributed by atoms with Gasteiger partial charge in [0.2, 0.25) is 29.5 Å². The molecule has 294 valence electrons. The van der Waals surface area contributed by atoms with Crippen LogP contribution in [0.2, 0.25) is 0 Å². The Morgan fingerprint density at radius 3 is 2.27 bits per heavy atom. The number of hydrogen-bond acceptors (Lipinski definition) is 9.